The molecule has 1 N–H and O–H groups in total. The quantitative estimate of drug-likeness (QED) is 0.941. The van der Waals surface area contributed by atoms with Gasteiger partial charge in [0.25, 0.3) is 5.91 Å². The van der Waals surface area contributed by atoms with E-state index in [0.717, 1.165) is 30.8 Å². The van der Waals surface area contributed by atoms with Crippen molar-refractivity contribution in [1.29, 1.82) is 0 Å². The van der Waals surface area contributed by atoms with Crippen LogP contribution in [0.15, 0.2) is 42.5 Å². The number of hydrogen-bond donors (Lipinski definition) is 1. The van der Waals surface area contributed by atoms with Crippen molar-refractivity contribution in [3.05, 3.63) is 65.0 Å². The van der Waals surface area contributed by atoms with E-state index in [1.807, 2.05) is 12.1 Å². The number of ether oxygens (including phenoxy) is 1. The van der Waals surface area contributed by atoms with Gasteiger partial charge in [0.2, 0.25) is 0 Å². The first-order chi connectivity index (χ1) is 10.2. The van der Waals surface area contributed by atoms with Crippen molar-refractivity contribution >= 4 is 5.91 Å². The van der Waals surface area contributed by atoms with E-state index < -0.39 is 0 Å². The number of rotatable bonds is 3. The lowest BCUT2D eigenvalue weighted by atomic mass is 10.0. The molecule has 1 aliphatic rings. The molecule has 0 aliphatic carbocycles. The van der Waals surface area contributed by atoms with Gasteiger partial charge in [-0.15, -0.1) is 0 Å². The summed E-state index contributed by atoms with van der Waals surface area (Å²) < 4.78 is 19.0. The summed E-state index contributed by atoms with van der Waals surface area (Å²) in [5, 5.41) is 2.74. The average Bonchev–Trinajstić information content (AvgIpc) is 2.53. The van der Waals surface area contributed by atoms with Crippen molar-refractivity contribution in [1.82, 2.24) is 5.32 Å². The molecule has 0 bridgehead atoms. The van der Waals surface area contributed by atoms with E-state index >= 15 is 0 Å². The Kier molecular flexibility index (Phi) is 3.86. The van der Waals surface area contributed by atoms with Crippen LogP contribution in [0.2, 0.25) is 0 Å². The Balaban J connectivity index is 1.69. The molecular formula is C17H16FNO2. The van der Waals surface area contributed by atoms with Crippen molar-refractivity contribution in [2.75, 3.05) is 6.61 Å². The first kappa shape index (κ1) is 13.6. The molecule has 108 valence electrons. The number of fused-ring (bicyclic) bond motifs is 1. The molecule has 4 heteroatoms. The molecule has 3 nitrogen and oxygen atoms in total. The van der Waals surface area contributed by atoms with Crippen LogP contribution < -0.4 is 10.1 Å². The van der Waals surface area contributed by atoms with Crippen molar-refractivity contribution in [2.24, 2.45) is 0 Å². The molecule has 2 aromatic carbocycles. The van der Waals surface area contributed by atoms with Gasteiger partial charge in [-0.25, -0.2) is 4.39 Å². The Morgan fingerprint density at radius 2 is 2.10 bits per heavy atom. The first-order valence-electron chi connectivity index (χ1n) is 7.01. The summed E-state index contributed by atoms with van der Waals surface area (Å²) in [5.74, 6) is 0.343. The molecule has 0 fully saturated rings. The summed E-state index contributed by atoms with van der Waals surface area (Å²) in [6.07, 6.45) is 1.89. The van der Waals surface area contributed by atoms with Crippen molar-refractivity contribution in [2.45, 2.75) is 19.4 Å². The predicted molar refractivity (Wildman–Crippen MR) is 77.8 cm³/mol. The van der Waals surface area contributed by atoms with Gasteiger partial charge in [0, 0.05) is 17.7 Å². The van der Waals surface area contributed by atoms with Crippen LogP contribution in [0.4, 0.5) is 4.39 Å². The summed E-state index contributed by atoms with van der Waals surface area (Å²) >= 11 is 0. The highest BCUT2D eigenvalue weighted by Gasteiger charge is 2.14. The minimum Gasteiger partial charge on any atom is -0.493 e. The smallest absolute Gasteiger partial charge is 0.251 e. The molecule has 0 radical (unpaired) electrons. The maximum absolute atomic E-state index is 13.5. The highest BCUT2D eigenvalue weighted by Crippen LogP contribution is 2.25. The summed E-state index contributed by atoms with van der Waals surface area (Å²) in [6, 6.07) is 11.8. The normalized spacial score (nSPS) is 13.2. The highest BCUT2D eigenvalue weighted by molar-refractivity contribution is 5.94. The fraction of sp³-hybridized carbons (Fsp3) is 0.235. The molecule has 0 unspecified atom stereocenters. The van der Waals surface area contributed by atoms with Gasteiger partial charge in [-0.3, -0.25) is 4.79 Å². The predicted octanol–water partition coefficient (Wildman–Crippen LogP) is 3.08. The molecule has 0 saturated carbocycles. The molecule has 21 heavy (non-hydrogen) atoms. The molecular weight excluding hydrogens is 269 g/mol. The van der Waals surface area contributed by atoms with E-state index in [1.54, 1.807) is 24.3 Å². The molecule has 3 rings (SSSR count). The maximum Gasteiger partial charge on any atom is 0.251 e. The largest absolute Gasteiger partial charge is 0.493 e. The average molecular weight is 285 g/mol. The monoisotopic (exact) mass is 285 g/mol. The third-order valence-corrected chi connectivity index (χ3v) is 3.57. The molecule has 1 heterocycles. The number of amides is 1. The van der Waals surface area contributed by atoms with Crippen LogP contribution in [0.1, 0.15) is 27.9 Å². The Bertz CT molecular complexity index is 670. The van der Waals surface area contributed by atoms with E-state index in [0.29, 0.717) is 11.1 Å². The van der Waals surface area contributed by atoms with Crippen LogP contribution in [-0.2, 0) is 13.0 Å². The van der Waals surface area contributed by atoms with Gasteiger partial charge in [-0.1, -0.05) is 18.2 Å². The fourth-order valence-corrected chi connectivity index (χ4v) is 2.42. The maximum atomic E-state index is 13.5. The SMILES string of the molecule is O=C(NCc1ccccc1F)c1ccc2c(c1)CCCO2. The second kappa shape index (κ2) is 5.95. The number of hydrogen-bond acceptors (Lipinski definition) is 2. The first-order valence-corrected chi connectivity index (χ1v) is 7.01. The number of carbonyl (C=O) groups is 1. The fourth-order valence-electron chi connectivity index (χ4n) is 2.42. The van der Waals surface area contributed by atoms with Crippen LogP contribution in [0.3, 0.4) is 0 Å². The van der Waals surface area contributed by atoms with Crippen LogP contribution in [-0.4, -0.2) is 12.5 Å². The van der Waals surface area contributed by atoms with Gasteiger partial charge in [0.05, 0.1) is 6.61 Å². The minimum absolute atomic E-state index is 0.180. The summed E-state index contributed by atoms with van der Waals surface area (Å²) in [6.45, 7) is 0.908. The van der Waals surface area contributed by atoms with Gasteiger partial charge in [0.15, 0.2) is 0 Å². The molecule has 0 aromatic heterocycles. The molecule has 0 spiro atoms. The number of carbonyl (C=O) groups excluding carboxylic acids is 1. The van der Waals surface area contributed by atoms with E-state index in [2.05, 4.69) is 5.32 Å². The lowest BCUT2D eigenvalue weighted by molar-refractivity contribution is 0.0950. The van der Waals surface area contributed by atoms with Gasteiger partial charge in [0.1, 0.15) is 11.6 Å². The topological polar surface area (TPSA) is 38.3 Å². The van der Waals surface area contributed by atoms with E-state index in [9.17, 15) is 9.18 Å². The zero-order chi connectivity index (χ0) is 14.7. The van der Waals surface area contributed by atoms with Crippen molar-refractivity contribution < 1.29 is 13.9 Å². The zero-order valence-electron chi connectivity index (χ0n) is 11.6. The van der Waals surface area contributed by atoms with Crippen molar-refractivity contribution in [3.8, 4) is 5.75 Å². The lowest BCUT2D eigenvalue weighted by Crippen LogP contribution is -2.23. The standard InChI is InChI=1S/C17H16FNO2/c18-15-6-2-1-4-14(15)11-19-17(20)13-7-8-16-12(10-13)5-3-9-21-16/h1-2,4,6-8,10H,3,5,9,11H2,(H,19,20). The lowest BCUT2D eigenvalue weighted by Gasteiger charge is -2.17. The summed E-state index contributed by atoms with van der Waals surface area (Å²) in [4.78, 5) is 12.1. The van der Waals surface area contributed by atoms with Crippen LogP contribution in [0.25, 0.3) is 0 Å². The Hall–Kier alpha value is -2.36. The second-order valence-corrected chi connectivity index (χ2v) is 5.05. The third-order valence-electron chi connectivity index (χ3n) is 3.57. The summed E-state index contributed by atoms with van der Waals surface area (Å²) in [7, 11) is 0. The van der Waals surface area contributed by atoms with Crippen molar-refractivity contribution in [3.63, 3.8) is 0 Å². The van der Waals surface area contributed by atoms with E-state index in [1.165, 1.54) is 6.07 Å². The van der Waals surface area contributed by atoms with E-state index in [-0.39, 0.29) is 18.3 Å². The molecule has 0 saturated heterocycles. The van der Waals surface area contributed by atoms with Crippen LogP contribution in [0, 0.1) is 5.82 Å². The zero-order valence-corrected chi connectivity index (χ0v) is 11.6. The Labute approximate surface area is 122 Å². The van der Waals surface area contributed by atoms with Gasteiger partial charge < -0.3 is 10.1 Å². The number of nitrogens with one attached hydrogen (secondary N) is 1. The second-order valence-electron chi connectivity index (χ2n) is 5.05. The van der Waals surface area contributed by atoms with Crippen LogP contribution in [0.5, 0.6) is 5.75 Å². The molecule has 2 aromatic rings. The molecule has 1 amide bonds. The number of benzene rings is 2. The van der Waals surface area contributed by atoms with Gasteiger partial charge in [-0.05, 0) is 42.7 Å². The van der Waals surface area contributed by atoms with Gasteiger partial charge >= 0.3 is 0 Å². The molecule has 0 atom stereocenters. The van der Waals surface area contributed by atoms with E-state index in [4.69, 9.17) is 4.74 Å². The number of aryl methyl sites for hydroxylation is 1. The van der Waals surface area contributed by atoms with Gasteiger partial charge in [-0.2, -0.15) is 0 Å². The molecule has 1 aliphatic heterocycles. The van der Waals surface area contributed by atoms with Crippen LogP contribution >= 0.6 is 0 Å². The minimum atomic E-state index is -0.309. The summed E-state index contributed by atoms with van der Waals surface area (Å²) in [5.41, 5.74) is 2.11. The third kappa shape index (κ3) is 3.05. The Morgan fingerprint density at radius 1 is 1.24 bits per heavy atom. The number of halogens is 1. The Morgan fingerprint density at radius 3 is 2.95 bits per heavy atom. The highest BCUT2D eigenvalue weighted by atomic mass is 19.1.